The molecule has 0 bridgehead atoms. The van der Waals surface area contributed by atoms with E-state index in [4.69, 9.17) is 9.47 Å². The summed E-state index contributed by atoms with van der Waals surface area (Å²) >= 11 is 0. The fourth-order valence-electron chi connectivity index (χ4n) is 4.77. The van der Waals surface area contributed by atoms with E-state index < -0.39 is 0 Å². The highest BCUT2D eigenvalue weighted by atomic mass is 16.5. The molecule has 1 aromatic carbocycles. The van der Waals surface area contributed by atoms with Crippen LogP contribution in [0.2, 0.25) is 0 Å². The molecule has 0 spiro atoms. The lowest BCUT2D eigenvalue weighted by Crippen LogP contribution is -2.52. The molecular formula is C28H42N4O3. The summed E-state index contributed by atoms with van der Waals surface area (Å²) in [5.41, 5.74) is 4.64. The molecule has 1 fully saturated rings. The standard InChI is InChI=1S/C28H42N4O3/c1-6-23-20-24(27(35-5)30-22(23)3)21(2)12-8-7-11-15-29-28(33)32-18-16-31(17-19-32)25-13-9-10-14-26(25)34-4/h9-10,13-14,20-21H,6-8,11-12,15-19H2,1-5H3,(H,29,33). The van der Waals surface area contributed by atoms with Crippen molar-refractivity contribution in [2.45, 2.75) is 58.8 Å². The molecule has 0 radical (unpaired) electrons. The molecule has 1 saturated heterocycles. The highest BCUT2D eigenvalue weighted by molar-refractivity contribution is 5.74. The molecular weight excluding hydrogens is 440 g/mol. The van der Waals surface area contributed by atoms with Crippen LogP contribution in [0.3, 0.4) is 0 Å². The van der Waals surface area contributed by atoms with E-state index in [-0.39, 0.29) is 6.03 Å². The average molecular weight is 483 g/mol. The van der Waals surface area contributed by atoms with E-state index in [2.05, 4.69) is 41.2 Å². The average Bonchev–Trinajstić information content (AvgIpc) is 2.90. The Bertz CT molecular complexity index is 957. The van der Waals surface area contributed by atoms with Crippen LogP contribution >= 0.6 is 0 Å². The molecule has 2 heterocycles. The topological polar surface area (TPSA) is 66.9 Å². The van der Waals surface area contributed by atoms with E-state index in [1.54, 1.807) is 14.2 Å². The summed E-state index contributed by atoms with van der Waals surface area (Å²) < 4.78 is 11.0. The first-order valence-electron chi connectivity index (χ1n) is 12.9. The SMILES string of the molecule is CCc1cc(C(C)CCCCCNC(=O)N2CCN(c3ccccc3OC)CC2)c(OC)nc1C. The molecule has 2 aromatic rings. The van der Waals surface area contributed by atoms with Crippen molar-refractivity contribution >= 4 is 11.7 Å². The molecule has 1 atom stereocenters. The first-order valence-corrected chi connectivity index (χ1v) is 12.9. The minimum absolute atomic E-state index is 0.0422. The lowest BCUT2D eigenvalue weighted by atomic mass is 9.93. The van der Waals surface area contributed by atoms with Crippen LogP contribution in [0.5, 0.6) is 11.6 Å². The summed E-state index contributed by atoms with van der Waals surface area (Å²) in [4.78, 5) is 21.4. The van der Waals surface area contributed by atoms with E-state index in [1.165, 1.54) is 11.1 Å². The number of ether oxygens (including phenoxy) is 2. The van der Waals surface area contributed by atoms with Gasteiger partial charge in [0.05, 0.1) is 19.9 Å². The van der Waals surface area contributed by atoms with E-state index in [1.807, 2.05) is 30.0 Å². The molecule has 1 unspecified atom stereocenters. The number of aromatic nitrogens is 1. The number of anilines is 1. The summed E-state index contributed by atoms with van der Waals surface area (Å²) in [6.45, 7) is 10.2. The van der Waals surface area contributed by atoms with Gasteiger partial charge < -0.3 is 24.6 Å². The maximum Gasteiger partial charge on any atom is 0.317 e. The second-order valence-corrected chi connectivity index (χ2v) is 9.31. The van der Waals surface area contributed by atoms with Crippen LogP contribution in [0.4, 0.5) is 10.5 Å². The number of unbranched alkanes of at least 4 members (excludes halogenated alkanes) is 2. The minimum atomic E-state index is 0.0422. The lowest BCUT2D eigenvalue weighted by Gasteiger charge is -2.36. The van der Waals surface area contributed by atoms with Gasteiger partial charge in [0.2, 0.25) is 5.88 Å². The third-order valence-electron chi connectivity index (χ3n) is 7.00. The van der Waals surface area contributed by atoms with E-state index in [0.717, 1.165) is 74.7 Å². The van der Waals surface area contributed by atoms with Crippen LogP contribution in [0.15, 0.2) is 30.3 Å². The van der Waals surface area contributed by atoms with E-state index >= 15 is 0 Å². The summed E-state index contributed by atoms with van der Waals surface area (Å²) in [6.07, 6.45) is 5.27. The van der Waals surface area contributed by atoms with Gasteiger partial charge in [-0.05, 0) is 55.9 Å². The van der Waals surface area contributed by atoms with Crippen LogP contribution in [-0.2, 0) is 6.42 Å². The Hall–Kier alpha value is -2.96. The van der Waals surface area contributed by atoms with Gasteiger partial charge in [0.25, 0.3) is 0 Å². The number of piperazine rings is 1. The zero-order chi connectivity index (χ0) is 25.2. The molecule has 0 aliphatic carbocycles. The Morgan fingerprint density at radius 3 is 2.51 bits per heavy atom. The molecule has 1 aromatic heterocycles. The lowest BCUT2D eigenvalue weighted by molar-refractivity contribution is 0.194. The number of hydrogen-bond acceptors (Lipinski definition) is 5. The summed E-state index contributed by atoms with van der Waals surface area (Å²) in [6, 6.07) is 10.4. The number of carbonyl (C=O) groups is 1. The smallest absolute Gasteiger partial charge is 0.317 e. The molecule has 0 saturated carbocycles. The van der Waals surface area contributed by atoms with Gasteiger partial charge in [-0.1, -0.05) is 38.8 Å². The maximum absolute atomic E-state index is 12.6. The van der Waals surface area contributed by atoms with Gasteiger partial charge in [0.15, 0.2) is 0 Å². The number of amides is 2. The number of para-hydroxylation sites is 2. The number of aryl methyl sites for hydroxylation is 2. The quantitative estimate of drug-likeness (QED) is 0.448. The molecule has 1 aliphatic rings. The summed E-state index contributed by atoms with van der Waals surface area (Å²) in [7, 11) is 3.40. The monoisotopic (exact) mass is 482 g/mol. The number of nitrogens with one attached hydrogen (secondary N) is 1. The number of benzene rings is 1. The number of pyridine rings is 1. The van der Waals surface area contributed by atoms with Crippen molar-refractivity contribution in [3.63, 3.8) is 0 Å². The zero-order valence-electron chi connectivity index (χ0n) is 22.1. The van der Waals surface area contributed by atoms with Gasteiger partial charge >= 0.3 is 6.03 Å². The molecule has 2 amide bonds. The Morgan fingerprint density at radius 2 is 1.83 bits per heavy atom. The fourth-order valence-corrected chi connectivity index (χ4v) is 4.77. The minimum Gasteiger partial charge on any atom is -0.495 e. The Balaban J connectivity index is 1.35. The van der Waals surface area contributed by atoms with Crippen LogP contribution in [0, 0.1) is 6.92 Å². The molecule has 192 valence electrons. The van der Waals surface area contributed by atoms with Gasteiger partial charge in [0, 0.05) is 44.0 Å². The number of methoxy groups -OCH3 is 2. The zero-order valence-corrected chi connectivity index (χ0v) is 22.1. The fraction of sp³-hybridized carbons (Fsp3) is 0.571. The number of nitrogens with zero attached hydrogens (tertiary/aromatic N) is 3. The Labute approximate surface area is 210 Å². The van der Waals surface area contributed by atoms with E-state index in [0.29, 0.717) is 19.0 Å². The molecule has 35 heavy (non-hydrogen) atoms. The number of rotatable bonds is 11. The van der Waals surface area contributed by atoms with Gasteiger partial charge in [0.1, 0.15) is 5.75 Å². The van der Waals surface area contributed by atoms with Gasteiger partial charge in [-0.15, -0.1) is 0 Å². The summed E-state index contributed by atoms with van der Waals surface area (Å²) in [5.74, 6) is 2.03. The highest BCUT2D eigenvalue weighted by Gasteiger charge is 2.22. The van der Waals surface area contributed by atoms with Crippen LogP contribution < -0.4 is 19.7 Å². The number of hydrogen-bond donors (Lipinski definition) is 1. The van der Waals surface area contributed by atoms with Gasteiger partial charge in [-0.25, -0.2) is 9.78 Å². The third kappa shape index (κ3) is 7.03. The number of urea groups is 1. The Morgan fingerprint density at radius 1 is 1.09 bits per heavy atom. The highest BCUT2D eigenvalue weighted by Crippen LogP contribution is 2.31. The van der Waals surface area contributed by atoms with Crippen molar-refractivity contribution in [2.24, 2.45) is 0 Å². The van der Waals surface area contributed by atoms with Crippen molar-refractivity contribution < 1.29 is 14.3 Å². The van der Waals surface area contributed by atoms with Crippen molar-refractivity contribution in [2.75, 3.05) is 51.8 Å². The Kier molecular flexibility index (Phi) is 10.1. The summed E-state index contributed by atoms with van der Waals surface area (Å²) in [5, 5.41) is 3.10. The van der Waals surface area contributed by atoms with Crippen molar-refractivity contribution in [3.05, 3.63) is 47.2 Å². The van der Waals surface area contributed by atoms with E-state index in [9.17, 15) is 4.79 Å². The molecule has 1 aliphatic heterocycles. The second-order valence-electron chi connectivity index (χ2n) is 9.31. The predicted molar refractivity (Wildman–Crippen MR) is 142 cm³/mol. The first-order chi connectivity index (χ1) is 17.0. The first kappa shape index (κ1) is 26.6. The third-order valence-corrected chi connectivity index (χ3v) is 7.00. The van der Waals surface area contributed by atoms with Crippen LogP contribution in [0.1, 0.15) is 62.3 Å². The molecule has 7 nitrogen and oxygen atoms in total. The largest absolute Gasteiger partial charge is 0.495 e. The molecule has 1 N–H and O–H groups in total. The number of carbonyl (C=O) groups excluding carboxylic acids is 1. The van der Waals surface area contributed by atoms with Crippen molar-refractivity contribution in [1.82, 2.24) is 15.2 Å². The normalized spacial score (nSPS) is 14.5. The second kappa shape index (κ2) is 13.2. The van der Waals surface area contributed by atoms with Crippen molar-refractivity contribution in [1.29, 1.82) is 0 Å². The van der Waals surface area contributed by atoms with Gasteiger partial charge in [-0.3, -0.25) is 0 Å². The van der Waals surface area contributed by atoms with Crippen molar-refractivity contribution in [3.8, 4) is 11.6 Å². The van der Waals surface area contributed by atoms with Crippen LogP contribution in [0.25, 0.3) is 0 Å². The maximum atomic E-state index is 12.6. The van der Waals surface area contributed by atoms with Gasteiger partial charge in [-0.2, -0.15) is 0 Å². The predicted octanol–water partition coefficient (Wildman–Crippen LogP) is 5.17. The van der Waals surface area contributed by atoms with Crippen LogP contribution in [-0.4, -0.2) is 62.9 Å². The molecule has 3 rings (SSSR count). The molecule has 7 heteroatoms.